The molecule has 0 saturated heterocycles. The Morgan fingerprint density at radius 2 is 2.15 bits per heavy atom. The Morgan fingerprint density at radius 3 is 2.62 bits per heavy atom. The average molecular weight is 187 g/mol. The minimum atomic E-state index is -0.853. The second-order valence-electron chi connectivity index (χ2n) is 2.98. The van der Waals surface area contributed by atoms with E-state index in [9.17, 15) is 4.79 Å². The summed E-state index contributed by atoms with van der Waals surface area (Å²) in [5, 5.41) is 10.2. The van der Waals surface area contributed by atoms with Gasteiger partial charge in [-0.15, -0.1) is 0 Å². The molecular weight excluding hydrogens is 170 g/mol. The minimum Gasteiger partial charge on any atom is -0.478 e. The van der Waals surface area contributed by atoms with Crippen molar-refractivity contribution >= 4 is 5.97 Å². The Hall–Kier alpha value is -0.870. The molecule has 76 valence electrons. The number of aliphatic carboxylic acids is 1. The molecule has 0 heterocycles. The van der Waals surface area contributed by atoms with Gasteiger partial charge in [-0.1, -0.05) is 6.08 Å². The van der Waals surface area contributed by atoms with Crippen LogP contribution < -0.4 is 0 Å². The number of hydrogen-bond donors (Lipinski definition) is 1. The van der Waals surface area contributed by atoms with E-state index in [-0.39, 0.29) is 0 Å². The zero-order chi connectivity index (χ0) is 10.3. The van der Waals surface area contributed by atoms with Gasteiger partial charge in [-0.3, -0.25) is 4.84 Å². The average Bonchev–Trinajstić information content (AvgIpc) is 2.02. The van der Waals surface area contributed by atoms with E-state index in [0.29, 0.717) is 12.2 Å². The van der Waals surface area contributed by atoms with Gasteiger partial charge in [-0.05, 0) is 19.8 Å². The highest BCUT2D eigenvalue weighted by atomic mass is 16.7. The maximum Gasteiger partial charge on any atom is 0.330 e. The van der Waals surface area contributed by atoms with E-state index in [1.165, 1.54) is 0 Å². The molecule has 4 nitrogen and oxygen atoms in total. The summed E-state index contributed by atoms with van der Waals surface area (Å²) in [7, 11) is 3.64. The SMILES string of the molecule is CC(=CCCCON(C)C)C(=O)O. The van der Waals surface area contributed by atoms with Gasteiger partial charge in [0.15, 0.2) is 0 Å². The number of carbonyl (C=O) groups is 1. The van der Waals surface area contributed by atoms with Gasteiger partial charge in [-0.2, -0.15) is 5.06 Å². The standard InChI is InChI=1S/C9H17NO3/c1-8(9(11)12)6-4-5-7-13-10(2)3/h6H,4-5,7H2,1-3H3,(H,11,12). The van der Waals surface area contributed by atoms with E-state index in [4.69, 9.17) is 9.94 Å². The maximum atomic E-state index is 10.4. The molecule has 0 rings (SSSR count). The molecule has 0 atom stereocenters. The zero-order valence-corrected chi connectivity index (χ0v) is 8.41. The van der Waals surface area contributed by atoms with Crippen LogP contribution in [0.2, 0.25) is 0 Å². The van der Waals surface area contributed by atoms with Crippen LogP contribution in [0.25, 0.3) is 0 Å². The molecule has 0 aromatic rings. The van der Waals surface area contributed by atoms with Gasteiger partial charge >= 0.3 is 5.97 Å². The molecule has 0 aliphatic rings. The Morgan fingerprint density at radius 1 is 1.54 bits per heavy atom. The van der Waals surface area contributed by atoms with Gasteiger partial charge in [0.05, 0.1) is 6.61 Å². The van der Waals surface area contributed by atoms with Crippen molar-refractivity contribution in [3.8, 4) is 0 Å². The number of unbranched alkanes of at least 4 members (excludes halogenated alkanes) is 1. The summed E-state index contributed by atoms with van der Waals surface area (Å²) >= 11 is 0. The van der Waals surface area contributed by atoms with Crippen molar-refractivity contribution in [1.29, 1.82) is 0 Å². The van der Waals surface area contributed by atoms with Crippen molar-refractivity contribution in [3.63, 3.8) is 0 Å². The fourth-order valence-electron chi connectivity index (χ4n) is 0.736. The molecule has 0 fully saturated rings. The lowest BCUT2D eigenvalue weighted by molar-refractivity contribution is -0.132. The van der Waals surface area contributed by atoms with Gasteiger partial charge in [0.1, 0.15) is 0 Å². The molecule has 4 heteroatoms. The highest BCUT2D eigenvalue weighted by Gasteiger charge is 1.97. The summed E-state index contributed by atoms with van der Waals surface area (Å²) in [6, 6.07) is 0. The smallest absolute Gasteiger partial charge is 0.330 e. The van der Waals surface area contributed by atoms with E-state index >= 15 is 0 Å². The van der Waals surface area contributed by atoms with Crippen LogP contribution in [0.15, 0.2) is 11.6 Å². The van der Waals surface area contributed by atoms with Crippen molar-refractivity contribution in [2.24, 2.45) is 0 Å². The summed E-state index contributed by atoms with van der Waals surface area (Å²) in [5.41, 5.74) is 0.393. The molecule has 13 heavy (non-hydrogen) atoms. The van der Waals surface area contributed by atoms with Gasteiger partial charge in [-0.25, -0.2) is 4.79 Å². The Labute approximate surface area is 78.8 Å². The lowest BCUT2D eigenvalue weighted by atomic mass is 10.2. The monoisotopic (exact) mass is 187 g/mol. The van der Waals surface area contributed by atoms with E-state index in [1.54, 1.807) is 18.1 Å². The fourth-order valence-corrected chi connectivity index (χ4v) is 0.736. The van der Waals surface area contributed by atoms with Crippen molar-refractivity contribution in [1.82, 2.24) is 5.06 Å². The summed E-state index contributed by atoms with van der Waals surface area (Å²) in [4.78, 5) is 15.5. The first-order valence-corrected chi connectivity index (χ1v) is 4.24. The number of carboxylic acid groups (broad SMARTS) is 1. The largest absolute Gasteiger partial charge is 0.478 e. The highest BCUT2D eigenvalue weighted by Crippen LogP contribution is 1.99. The molecule has 0 aromatic carbocycles. The lowest BCUT2D eigenvalue weighted by Gasteiger charge is -2.08. The molecule has 0 spiro atoms. The molecule has 0 aromatic heterocycles. The van der Waals surface area contributed by atoms with Crippen molar-refractivity contribution < 1.29 is 14.7 Å². The first-order valence-electron chi connectivity index (χ1n) is 4.24. The summed E-state index contributed by atoms with van der Waals surface area (Å²) in [6.45, 7) is 2.21. The first kappa shape index (κ1) is 12.1. The van der Waals surface area contributed by atoms with Crippen LogP contribution in [0, 0.1) is 0 Å². The third kappa shape index (κ3) is 7.49. The molecule has 0 saturated carbocycles. The number of allylic oxidation sites excluding steroid dienone is 1. The summed E-state index contributed by atoms with van der Waals surface area (Å²) in [6.07, 6.45) is 3.29. The maximum absolute atomic E-state index is 10.4. The zero-order valence-electron chi connectivity index (χ0n) is 8.41. The van der Waals surface area contributed by atoms with Gasteiger partial charge in [0, 0.05) is 19.7 Å². The number of hydroxylamine groups is 2. The first-order chi connectivity index (χ1) is 6.04. The van der Waals surface area contributed by atoms with Crippen LogP contribution in [-0.2, 0) is 9.63 Å². The van der Waals surface area contributed by atoms with Crippen LogP contribution >= 0.6 is 0 Å². The summed E-state index contributed by atoms with van der Waals surface area (Å²) < 4.78 is 0. The second kappa shape index (κ2) is 6.62. The molecular formula is C9H17NO3. The Bertz CT molecular complexity index is 187. The third-order valence-corrected chi connectivity index (χ3v) is 1.49. The minimum absolute atomic E-state index is 0.393. The van der Waals surface area contributed by atoms with Crippen LogP contribution in [0.5, 0.6) is 0 Å². The quantitative estimate of drug-likeness (QED) is 0.387. The Balaban J connectivity index is 3.45. The normalized spacial score (nSPS) is 12.2. The third-order valence-electron chi connectivity index (χ3n) is 1.49. The molecule has 0 bridgehead atoms. The molecule has 0 aliphatic carbocycles. The number of hydrogen-bond acceptors (Lipinski definition) is 3. The molecule has 0 unspecified atom stereocenters. The van der Waals surface area contributed by atoms with Gasteiger partial charge in [0.2, 0.25) is 0 Å². The molecule has 0 aliphatic heterocycles. The van der Waals surface area contributed by atoms with E-state index < -0.39 is 5.97 Å². The van der Waals surface area contributed by atoms with Crippen LogP contribution in [0.3, 0.4) is 0 Å². The second-order valence-corrected chi connectivity index (χ2v) is 2.98. The topological polar surface area (TPSA) is 49.8 Å². The predicted octanol–water partition coefficient (Wildman–Crippen LogP) is 1.29. The highest BCUT2D eigenvalue weighted by molar-refractivity contribution is 5.85. The van der Waals surface area contributed by atoms with Crippen LogP contribution in [0.1, 0.15) is 19.8 Å². The number of carboxylic acids is 1. The van der Waals surface area contributed by atoms with E-state index in [1.807, 2.05) is 14.1 Å². The number of rotatable bonds is 6. The van der Waals surface area contributed by atoms with Crippen molar-refractivity contribution in [2.45, 2.75) is 19.8 Å². The van der Waals surface area contributed by atoms with Gasteiger partial charge < -0.3 is 5.11 Å². The number of nitrogens with zero attached hydrogens (tertiary/aromatic N) is 1. The molecule has 0 amide bonds. The lowest BCUT2D eigenvalue weighted by Crippen LogP contribution is -2.13. The van der Waals surface area contributed by atoms with Crippen LogP contribution in [-0.4, -0.2) is 36.8 Å². The van der Waals surface area contributed by atoms with E-state index in [0.717, 1.165) is 12.8 Å². The summed E-state index contributed by atoms with van der Waals surface area (Å²) in [5.74, 6) is -0.853. The van der Waals surface area contributed by atoms with E-state index in [2.05, 4.69) is 0 Å². The molecule has 1 N–H and O–H groups in total. The predicted molar refractivity (Wildman–Crippen MR) is 50.3 cm³/mol. The molecule has 0 radical (unpaired) electrons. The van der Waals surface area contributed by atoms with Crippen LogP contribution in [0.4, 0.5) is 0 Å². The van der Waals surface area contributed by atoms with Gasteiger partial charge in [0.25, 0.3) is 0 Å². The van der Waals surface area contributed by atoms with Crippen molar-refractivity contribution in [3.05, 3.63) is 11.6 Å². The van der Waals surface area contributed by atoms with Crippen molar-refractivity contribution in [2.75, 3.05) is 20.7 Å². The fraction of sp³-hybridized carbons (Fsp3) is 0.667. The Kier molecular flexibility index (Phi) is 6.18.